The lowest BCUT2D eigenvalue weighted by Crippen LogP contribution is -2.25. The van der Waals surface area contributed by atoms with Crippen molar-refractivity contribution in [3.63, 3.8) is 0 Å². The Hall–Kier alpha value is -3.72. The molecule has 3 heterocycles. The molecule has 1 amide bonds. The molecular weight excluding hydrogens is 408 g/mol. The number of methoxy groups -OCH3 is 1. The number of aromatic nitrogens is 3. The van der Waals surface area contributed by atoms with Gasteiger partial charge in [-0.3, -0.25) is 4.79 Å². The number of nitrogens with two attached hydrogens (primary N) is 1. The predicted octanol–water partition coefficient (Wildman–Crippen LogP) is 2.43. The third-order valence-electron chi connectivity index (χ3n) is 5.14. The summed E-state index contributed by atoms with van der Waals surface area (Å²) in [5.74, 6) is 1.64. The Balaban J connectivity index is 1.46. The average molecular weight is 435 g/mol. The second-order valence-corrected chi connectivity index (χ2v) is 7.38. The lowest BCUT2D eigenvalue weighted by Gasteiger charge is -2.13. The Morgan fingerprint density at radius 2 is 2.19 bits per heavy atom. The van der Waals surface area contributed by atoms with E-state index in [1.54, 1.807) is 31.6 Å². The molecule has 0 atom stereocenters. The van der Waals surface area contributed by atoms with Crippen molar-refractivity contribution < 1.29 is 14.3 Å². The van der Waals surface area contributed by atoms with E-state index < -0.39 is 0 Å². The molecule has 0 aliphatic carbocycles. The second kappa shape index (κ2) is 10.1. The van der Waals surface area contributed by atoms with Crippen molar-refractivity contribution in [3.05, 3.63) is 59.4 Å². The number of anilines is 2. The van der Waals surface area contributed by atoms with Crippen LogP contribution in [-0.2, 0) is 17.7 Å². The van der Waals surface area contributed by atoms with Crippen molar-refractivity contribution in [2.75, 3.05) is 37.9 Å². The third kappa shape index (κ3) is 4.94. The maximum Gasteiger partial charge on any atom is 0.251 e. The van der Waals surface area contributed by atoms with Crippen molar-refractivity contribution in [2.45, 2.75) is 19.4 Å². The monoisotopic (exact) mass is 434 g/mol. The second-order valence-electron chi connectivity index (χ2n) is 7.38. The molecule has 9 heteroatoms. The van der Waals surface area contributed by atoms with Gasteiger partial charge in [-0.05, 0) is 30.2 Å². The Morgan fingerprint density at radius 3 is 3.03 bits per heavy atom. The third-order valence-corrected chi connectivity index (χ3v) is 5.14. The number of amides is 1. The molecule has 3 aromatic rings. The summed E-state index contributed by atoms with van der Waals surface area (Å²) in [7, 11) is 1.65. The molecule has 0 spiro atoms. The number of carbonyl (C=O) groups excluding carboxylic acids is 1. The minimum atomic E-state index is -0.0937. The molecule has 1 aliphatic rings. The van der Waals surface area contributed by atoms with Crippen LogP contribution in [0.15, 0.2) is 42.7 Å². The summed E-state index contributed by atoms with van der Waals surface area (Å²) < 4.78 is 10.9. The van der Waals surface area contributed by atoms with Crippen molar-refractivity contribution in [2.24, 2.45) is 0 Å². The SMILES string of the molecule is COCCCNC(=O)c1cccc(CNc2ncc(-c3ccnc(N)n3)c3c2CCO3)c1. The smallest absolute Gasteiger partial charge is 0.251 e. The van der Waals surface area contributed by atoms with E-state index in [9.17, 15) is 4.79 Å². The maximum atomic E-state index is 12.4. The van der Waals surface area contributed by atoms with Gasteiger partial charge in [-0.1, -0.05) is 12.1 Å². The van der Waals surface area contributed by atoms with Crippen LogP contribution in [0.2, 0.25) is 0 Å². The van der Waals surface area contributed by atoms with Crippen LogP contribution < -0.4 is 21.1 Å². The van der Waals surface area contributed by atoms with E-state index in [1.165, 1.54) is 0 Å². The fraction of sp³-hybridized carbons (Fsp3) is 0.304. The van der Waals surface area contributed by atoms with Crippen LogP contribution in [0, 0.1) is 0 Å². The molecule has 9 nitrogen and oxygen atoms in total. The summed E-state index contributed by atoms with van der Waals surface area (Å²) in [6, 6.07) is 9.33. The number of rotatable bonds is 9. The van der Waals surface area contributed by atoms with Crippen LogP contribution in [-0.4, -0.2) is 47.7 Å². The topological polar surface area (TPSA) is 124 Å². The van der Waals surface area contributed by atoms with E-state index in [-0.39, 0.29) is 11.9 Å². The first-order chi connectivity index (χ1) is 15.7. The molecule has 166 valence electrons. The number of ether oxygens (including phenoxy) is 2. The Labute approximate surface area is 186 Å². The summed E-state index contributed by atoms with van der Waals surface area (Å²) in [4.78, 5) is 25.2. The summed E-state index contributed by atoms with van der Waals surface area (Å²) in [6.45, 7) is 2.32. The number of hydrogen-bond acceptors (Lipinski definition) is 8. The van der Waals surface area contributed by atoms with Crippen LogP contribution >= 0.6 is 0 Å². The fourth-order valence-corrected chi connectivity index (χ4v) is 3.58. The van der Waals surface area contributed by atoms with Gasteiger partial charge in [0.1, 0.15) is 11.6 Å². The van der Waals surface area contributed by atoms with E-state index in [4.69, 9.17) is 15.2 Å². The van der Waals surface area contributed by atoms with Crippen LogP contribution in [0.1, 0.15) is 27.9 Å². The molecule has 0 fully saturated rings. The van der Waals surface area contributed by atoms with Gasteiger partial charge in [0.25, 0.3) is 5.91 Å². The first-order valence-corrected chi connectivity index (χ1v) is 10.5. The molecule has 0 saturated carbocycles. The molecule has 4 rings (SSSR count). The fourth-order valence-electron chi connectivity index (χ4n) is 3.58. The molecule has 0 saturated heterocycles. The minimum absolute atomic E-state index is 0.0937. The van der Waals surface area contributed by atoms with E-state index in [0.29, 0.717) is 37.6 Å². The summed E-state index contributed by atoms with van der Waals surface area (Å²) in [6.07, 6.45) is 4.88. The lowest BCUT2D eigenvalue weighted by atomic mass is 10.1. The Morgan fingerprint density at radius 1 is 1.28 bits per heavy atom. The van der Waals surface area contributed by atoms with Gasteiger partial charge in [0, 0.05) is 56.7 Å². The number of carbonyl (C=O) groups is 1. The number of pyridine rings is 1. The Kier molecular flexibility index (Phi) is 6.76. The van der Waals surface area contributed by atoms with Gasteiger partial charge in [0.15, 0.2) is 0 Å². The molecule has 1 aromatic carbocycles. The quantitative estimate of drug-likeness (QED) is 0.439. The van der Waals surface area contributed by atoms with Crippen LogP contribution in [0.25, 0.3) is 11.3 Å². The first-order valence-electron chi connectivity index (χ1n) is 10.5. The minimum Gasteiger partial charge on any atom is -0.492 e. The lowest BCUT2D eigenvalue weighted by molar-refractivity contribution is 0.0948. The van der Waals surface area contributed by atoms with Gasteiger partial charge in [-0.2, -0.15) is 0 Å². The highest BCUT2D eigenvalue weighted by molar-refractivity contribution is 5.94. The zero-order valence-corrected chi connectivity index (χ0v) is 17.9. The summed E-state index contributed by atoms with van der Waals surface area (Å²) >= 11 is 0. The highest BCUT2D eigenvalue weighted by atomic mass is 16.5. The van der Waals surface area contributed by atoms with Crippen molar-refractivity contribution >= 4 is 17.7 Å². The van der Waals surface area contributed by atoms with Crippen LogP contribution in [0.4, 0.5) is 11.8 Å². The molecule has 0 radical (unpaired) electrons. The molecule has 4 N–H and O–H groups in total. The van der Waals surface area contributed by atoms with Crippen LogP contribution in [0.3, 0.4) is 0 Å². The van der Waals surface area contributed by atoms with Gasteiger partial charge in [-0.25, -0.2) is 15.0 Å². The molecule has 0 bridgehead atoms. The van der Waals surface area contributed by atoms with Gasteiger partial charge < -0.3 is 25.8 Å². The average Bonchev–Trinajstić information content (AvgIpc) is 3.30. The van der Waals surface area contributed by atoms with E-state index in [1.807, 2.05) is 18.2 Å². The highest BCUT2D eigenvalue weighted by Crippen LogP contribution is 2.39. The van der Waals surface area contributed by atoms with Gasteiger partial charge in [0.2, 0.25) is 5.95 Å². The van der Waals surface area contributed by atoms with Gasteiger partial charge in [0.05, 0.1) is 17.9 Å². The number of nitrogens with zero attached hydrogens (tertiary/aromatic N) is 3. The maximum absolute atomic E-state index is 12.4. The highest BCUT2D eigenvalue weighted by Gasteiger charge is 2.23. The summed E-state index contributed by atoms with van der Waals surface area (Å²) in [5, 5.41) is 6.29. The number of nitrogens with one attached hydrogen (secondary N) is 2. The zero-order valence-electron chi connectivity index (χ0n) is 17.9. The number of nitrogen functional groups attached to an aromatic ring is 1. The first kappa shape index (κ1) is 21.5. The van der Waals surface area contributed by atoms with E-state index in [0.717, 1.165) is 41.1 Å². The Bertz CT molecular complexity index is 1100. The molecule has 32 heavy (non-hydrogen) atoms. The largest absolute Gasteiger partial charge is 0.492 e. The normalized spacial score (nSPS) is 12.2. The van der Waals surface area contributed by atoms with Crippen molar-refractivity contribution in [1.29, 1.82) is 0 Å². The number of fused-ring (bicyclic) bond motifs is 1. The predicted molar refractivity (Wildman–Crippen MR) is 121 cm³/mol. The number of hydrogen-bond donors (Lipinski definition) is 3. The summed E-state index contributed by atoms with van der Waals surface area (Å²) in [5.41, 5.74) is 9.82. The van der Waals surface area contributed by atoms with Crippen molar-refractivity contribution in [1.82, 2.24) is 20.3 Å². The standard InChI is InChI=1S/C23H26N6O3/c1-31-10-3-8-25-22(30)16-5-2-4-15(12-16)13-27-21-17-7-11-32-20(17)18(14-28-21)19-6-9-26-23(24)29-19/h2,4-6,9,12,14H,3,7-8,10-11,13H2,1H3,(H,25,30)(H,27,28)(H2,24,26,29). The van der Waals surface area contributed by atoms with Crippen LogP contribution in [0.5, 0.6) is 5.75 Å². The zero-order chi connectivity index (χ0) is 22.3. The molecule has 2 aromatic heterocycles. The van der Waals surface area contributed by atoms with E-state index >= 15 is 0 Å². The molecular formula is C23H26N6O3. The van der Waals surface area contributed by atoms with Gasteiger partial charge in [-0.15, -0.1) is 0 Å². The van der Waals surface area contributed by atoms with Gasteiger partial charge >= 0.3 is 0 Å². The number of benzene rings is 1. The van der Waals surface area contributed by atoms with E-state index in [2.05, 4.69) is 25.6 Å². The molecule has 0 unspecified atom stereocenters. The molecule has 1 aliphatic heterocycles. The van der Waals surface area contributed by atoms with Crippen molar-refractivity contribution in [3.8, 4) is 17.0 Å².